The lowest BCUT2D eigenvalue weighted by Gasteiger charge is -2.28. The molecular formula is C38H45N7O7. The fourth-order valence-electron chi connectivity index (χ4n) is 7.34. The standard InChI is InChI=1S/C38H45N7O7/c1-51-37(49)42-31(25-9-10-25)35(47)44-19-17-27(21-44)34(46)40-28-15-13-23(14-16-28)22-5-7-24(8-6-22)29-20-39-33(41-29)30-4-3-18-45(30)36(48)32(26-11-12-26)43-38(50)52-2/h5-8,13-16,20,25-27,30-32H,3-4,9-12,17-19,21H2,1-2H3,(H,39,41)(H,40,46)(H,42,49)(H,43,50)/t27-,30-,31+,32-/m0/s1. The number of hydrogen-bond donors (Lipinski definition) is 4. The summed E-state index contributed by atoms with van der Waals surface area (Å²) in [7, 11) is 2.58. The van der Waals surface area contributed by atoms with Crippen LogP contribution in [0.2, 0.25) is 0 Å². The summed E-state index contributed by atoms with van der Waals surface area (Å²) in [6.07, 6.45) is 6.37. The molecule has 0 radical (unpaired) electrons. The molecule has 2 aliphatic heterocycles. The summed E-state index contributed by atoms with van der Waals surface area (Å²) >= 11 is 0. The number of alkyl carbamates (subject to hydrolysis) is 2. The summed E-state index contributed by atoms with van der Waals surface area (Å²) in [6, 6.07) is 14.4. The van der Waals surface area contributed by atoms with E-state index in [1.54, 1.807) is 11.1 Å². The van der Waals surface area contributed by atoms with Gasteiger partial charge in [-0.1, -0.05) is 36.4 Å². The van der Waals surface area contributed by atoms with Gasteiger partial charge in [0.25, 0.3) is 0 Å². The summed E-state index contributed by atoms with van der Waals surface area (Å²) < 4.78 is 9.46. The lowest BCUT2D eigenvalue weighted by Crippen LogP contribution is -2.49. The molecule has 4 N–H and O–H groups in total. The van der Waals surface area contributed by atoms with Crippen LogP contribution in [0, 0.1) is 17.8 Å². The monoisotopic (exact) mass is 711 g/mol. The van der Waals surface area contributed by atoms with Crippen molar-refractivity contribution in [2.45, 2.75) is 63.1 Å². The molecule has 14 nitrogen and oxygen atoms in total. The Hall–Kier alpha value is -5.40. The first-order valence-electron chi connectivity index (χ1n) is 18.1. The van der Waals surface area contributed by atoms with Crippen LogP contribution >= 0.6 is 0 Å². The second-order valence-electron chi connectivity index (χ2n) is 14.2. The van der Waals surface area contributed by atoms with Gasteiger partial charge in [-0.05, 0) is 85.6 Å². The third kappa shape index (κ3) is 7.75. The second-order valence-corrected chi connectivity index (χ2v) is 14.2. The fraction of sp³-hybridized carbons (Fsp3) is 0.474. The Morgan fingerprint density at radius 1 is 0.750 bits per heavy atom. The molecule has 0 spiro atoms. The number of rotatable bonds is 11. The van der Waals surface area contributed by atoms with Gasteiger partial charge in [-0.3, -0.25) is 14.4 Å². The van der Waals surface area contributed by atoms with Crippen LogP contribution < -0.4 is 16.0 Å². The van der Waals surface area contributed by atoms with Crippen LogP contribution in [-0.4, -0.2) is 95.6 Å². The first kappa shape index (κ1) is 35.0. The Balaban J connectivity index is 0.934. The van der Waals surface area contributed by atoms with E-state index < -0.39 is 24.3 Å². The summed E-state index contributed by atoms with van der Waals surface area (Å²) in [5.74, 6) is 0.258. The van der Waals surface area contributed by atoms with Crippen LogP contribution in [0.3, 0.4) is 0 Å². The molecule has 1 aromatic heterocycles. The number of amides is 5. The zero-order valence-corrected chi connectivity index (χ0v) is 29.4. The third-order valence-electron chi connectivity index (χ3n) is 10.6. The predicted molar refractivity (Wildman–Crippen MR) is 191 cm³/mol. The van der Waals surface area contributed by atoms with Crippen molar-refractivity contribution in [1.82, 2.24) is 30.4 Å². The fourth-order valence-corrected chi connectivity index (χ4v) is 7.34. The number of aromatic nitrogens is 2. The Morgan fingerprint density at radius 2 is 1.33 bits per heavy atom. The summed E-state index contributed by atoms with van der Waals surface area (Å²) in [5, 5.41) is 8.40. The maximum atomic E-state index is 13.5. The van der Waals surface area contributed by atoms with Crippen molar-refractivity contribution in [2.75, 3.05) is 39.2 Å². The quantitative estimate of drug-likeness (QED) is 0.226. The molecule has 7 rings (SSSR count). The maximum Gasteiger partial charge on any atom is 0.407 e. The lowest BCUT2D eigenvalue weighted by atomic mass is 10.0. The smallest absolute Gasteiger partial charge is 0.407 e. The molecule has 14 heteroatoms. The number of nitrogens with one attached hydrogen (secondary N) is 4. The minimum Gasteiger partial charge on any atom is -0.453 e. The van der Waals surface area contributed by atoms with Crippen LogP contribution in [-0.2, 0) is 23.9 Å². The first-order chi connectivity index (χ1) is 25.2. The van der Waals surface area contributed by atoms with Crippen molar-refractivity contribution in [1.29, 1.82) is 0 Å². The predicted octanol–water partition coefficient (Wildman–Crippen LogP) is 4.46. The van der Waals surface area contributed by atoms with Gasteiger partial charge in [-0.15, -0.1) is 0 Å². The van der Waals surface area contributed by atoms with E-state index >= 15 is 0 Å². The highest BCUT2D eigenvalue weighted by molar-refractivity contribution is 5.94. The molecule has 4 aliphatic rings. The maximum absolute atomic E-state index is 13.5. The third-order valence-corrected chi connectivity index (χ3v) is 10.6. The topological polar surface area (TPSA) is 175 Å². The number of benzene rings is 2. The van der Waals surface area contributed by atoms with Gasteiger partial charge in [0.1, 0.15) is 17.9 Å². The molecule has 2 saturated heterocycles. The van der Waals surface area contributed by atoms with Gasteiger partial charge in [0.2, 0.25) is 17.7 Å². The van der Waals surface area contributed by atoms with E-state index in [2.05, 4.69) is 25.9 Å². The number of carbonyl (C=O) groups is 5. The molecule has 52 heavy (non-hydrogen) atoms. The minimum absolute atomic E-state index is 0.0892. The van der Waals surface area contributed by atoms with E-state index in [1.807, 2.05) is 53.4 Å². The molecule has 4 fully saturated rings. The van der Waals surface area contributed by atoms with Gasteiger partial charge in [0.15, 0.2) is 0 Å². The van der Waals surface area contributed by atoms with Crippen molar-refractivity contribution in [3.63, 3.8) is 0 Å². The summed E-state index contributed by atoms with van der Waals surface area (Å²) in [5.41, 5.74) is 4.48. The van der Waals surface area contributed by atoms with Crippen LogP contribution in [0.15, 0.2) is 54.7 Å². The van der Waals surface area contributed by atoms with Crippen LogP contribution in [0.1, 0.15) is 56.8 Å². The Labute approximate surface area is 302 Å². The van der Waals surface area contributed by atoms with E-state index in [4.69, 9.17) is 9.47 Å². The normalized spacial score (nSPS) is 20.9. The largest absolute Gasteiger partial charge is 0.453 e. The molecule has 274 valence electrons. The molecule has 2 saturated carbocycles. The molecule has 3 heterocycles. The molecule has 2 aromatic carbocycles. The number of H-pyrrole nitrogens is 1. The minimum atomic E-state index is -0.623. The van der Waals surface area contributed by atoms with Gasteiger partial charge in [0.05, 0.1) is 38.1 Å². The number of likely N-dealkylation sites (tertiary alicyclic amines) is 2. The van der Waals surface area contributed by atoms with E-state index in [0.29, 0.717) is 31.7 Å². The number of ether oxygens (including phenoxy) is 2. The zero-order valence-electron chi connectivity index (χ0n) is 29.4. The Kier molecular flexibility index (Phi) is 10.1. The van der Waals surface area contributed by atoms with E-state index in [1.165, 1.54) is 14.2 Å². The Bertz CT molecular complexity index is 1800. The summed E-state index contributed by atoms with van der Waals surface area (Å²) in [4.78, 5) is 75.1. The van der Waals surface area contributed by atoms with Gasteiger partial charge in [-0.2, -0.15) is 0 Å². The molecular weight excluding hydrogens is 666 g/mol. The number of nitrogens with zero attached hydrogens (tertiary/aromatic N) is 3. The van der Waals surface area contributed by atoms with Gasteiger partial charge < -0.3 is 40.2 Å². The molecule has 3 aromatic rings. The van der Waals surface area contributed by atoms with Crippen molar-refractivity contribution < 1.29 is 33.4 Å². The van der Waals surface area contributed by atoms with Crippen molar-refractivity contribution >= 4 is 35.6 Å². The number of carbonyl (C=O) groups excluding carboxylic acids is 5. The van der Waals surface area contributed by atoms with Crippen molar-refractivity contribution in [3.8, 4) is 22.4 Å². The first-order valence-corrected chi connectivity index (χ1v) is 18.1. The molecule has 2 aliphatic carbocycles. The van der Waals surface area contributed by atoms with Crippen LogP contribution in [0.5, 0.6) is 0 Å². The average Bonchev–Trinajstić information content (AvgIpc) is 4.02. The number of methoxy groups -OCH3 is 2. The molecule has 0 bridgehead atoms. The number of anilines is 1. The molecule has 5 amide bonds. The van der Waals surface area contributed by atoms with Crippen molar-refractivity contribution in [3.05, 3.63) is 60.6 Å². The highest BCUT2D eigenvalue weighted by Crippen LogP contribution is 2.38. The summed E-state index contributed by atoms with van der Waals surface area (Å²) in [6.45, 7) is 1.39. The average molecular weight is 712 g/mol. The number of imidazole rings is 1. The van der Waals surface area contributed by atoms with E-state index in [-0.39, 0.29) is 41.5 Å². The highest BCUT2D eigenvalue weighted by atomic mass is 16.5. The van der Waals surface area contributed by atoms with Gasteiger partial charge >= 0.3 is 12.2 Å². The number of hydrogen-bond acceptors (Lipinski definition) is 8. The second kappa shape index (κ2) is 15.1. The molecule has 4 atom stereocenters. The molecule has 0 unspecified atom stereocenters. The van der Waals surface area contributed by atoms with Gasteiger partial charge in [-0.25, -0.2) is 14.6 Å². The zero-order chi connectivity index (χ0) is 36.4. The number of aromatic amines is 1. The van der Waals surface area contributed by atoms with Crippen LogP contribution in [0.25, 0.3) is 22.4 Å². The lowest BCUT2D eigenvalue weighted by molar-refractivity contribution is -0.135. The van der Waals surface area contributed by atoms with Crippen LogP contribution in [0.4, 0.5) is 15.3 Å². The SMILES string of the molecule is COC(=O)N[C@H](C(=O)N1CCC[C@H]1c1ncc(-c2ccc(-c3ccc(NC(=O)[C@H]4CCN(C(=O)[C@H](NC(=O)OC)C5CC5)C4)cc3)cc2)[nH]1)C1CC1. The highest BCUT2D eigenvalue weighted by Gasteiger charge is 2.44. The van der Waals surface area contributed by atoms with Gasteiger partial charge in [0, 0.05) is 25.3 Å². The van der Waals surface area contributed by atoms with E-state index in [9.17, 15) is 24.0 Å². The Morgan fingerprint density at radius 3 is 1.92 bits per heavy atom. The van der Waals surface area contributed by atoms with E-state index in [0.717, 1.165) is 66.7 Å². The van der Waals surface area contributed by atoms with Crippen molar-refractivity contribution in [2.24, 2.45) is 17.8 Å².